The van der Waals surface area contributed by atoms with E-state index in [9.17, 15) is 9.59 Å². The molecular formula is C15H27NO3. The molecule has 1 heterocycles. The first-order valence-electron chi connectivity index (χ1n) is 7.69. The first-order chi connectivity index (χ1) is 9.14. The average Bonchev–Trinajstić information content (AvgIpc) is 2.66. The summed E-state index contributed by atoms with van der Waals surface area (Å²) in [6.45, 7) is 4.31. The molecule has 0 aliphatic carbocycles. The molecule has 0 atom stereocenters. The van der Waals surface area contributed by atoms with Crippen molar-refractivity contribution in [1.29, 1.82) is 0 Å². The van der Waals surface area contributed by atoms with E-state index < -0.39 is 11.7 Å². The molecular weight excluding hydrogens is 242 g/mol. The van der Waals surface area contributed by atoms with Crippen LogP contribution in [0.25, 0.3) is 0 Å². The molecule has 0 radical (unpaired) electrons. The van der Waals surface area contributed by atoms with Gasteiger partial charge in [-0.3, -0.25) is 10.1 Å². The van der Waals surface area contributed by atoms with Crippen LogP contribution in [-0.2, 0) is 9.53 Å². The lowest BCUT2D eigenvalue weighted by Crippen LogP contribution is -2.39. The van der Waals surface area contributed by atoms with Crippen LogP contribution in [0.2, 0.25) is 0 Å². The van der Waals surface area contributed by atoms with Gasteiger partial charge in [-0.25, -0.2) is 4.79 Å². The number of nitrogens with one attached hydrogen (secondary N) is 1. The van der Waals surface area contributed by atoms with Gasteiger partial charge in [-0.1, -0.05) is 52.4 Å². The number of alkyl carbamates (subject to hydrolysis) is 1. The molecule has 1 saturated heterocycles. The molecule has 1 aliphatic rings. The maximum Gasteiger partial charge on any atom is 0.415 e. The van der Waals surface area contributed by atoms with Gasteiger partial charge in [0.15, 0.2) is 5.60 Å². The van der Waals surface area contributed by atoms with Crippen LogP contribution in [0.4, 0.5) is 4.79 Å². The van der Waals surface area contributed by atoms with Crippen LogP contribution in [0, 0.1) is 0 Å². The molecule has 1 fully saturated rings. The van der Waals surface area contributed by atoms with Crippen molar-refractivity contribution in [2.75, 3.05) is 0 Å². The van der Waals surface area contributed by atoms with Gasteiger partial charge in [0.05, 0.1) is 0 Å². The van der Waals surface area contributed by atoms with Crippen molar-refractivity contribution in [3.8, 4) is 0 Å². The summed E-state index contributed by atoms with van der Waals surface area (Å²) in [7, 11) is 0. The summed E-state index contributed by atoms with van der Waals surface area (Å²) in [5.74, 6) is -0.231. The third-order valence-corrected chi connectivity index (χ3v) is 3.79. The molecule has 0 spiro atoms. The highest BCUT2D eigenvalue weighted by Gasteiger charge is 2.47. The Labute approximate surface area is 116 Å². The van der Waals surface area contributed by atoms with E-state index in [4.69, 9.17) is 4.74 Å². The van der Waals surface area contributed by atoms with Crippen LogP contribution in [0.3, 0.4) is 0 Å². The highest BCUT2D eigenvalue weighted by Crippen LogP contribution is 2.30. The standard InChI is InChI=1S/C15H27NO3/c1-3-5-7-9-11-15(12-10-8-6-4-2)13(17)16-14(18)19-15/h3-12H2,1-2H3,(H,16,17,18). The molecule has 4 nitrogen and oxygen atoms in total. The van der Waals surface area contributed by atoms with E-state index in [0.717, 1.165) is 38.5 Å². The van der Waals surface area contributed by atoms with Gasteiger partial charge in [-0.15, -0.1) is 0 Å². The Morgan fingerprint density at radius 1 is 0.895 bits per heavy atom. The summed E-state index contributed by atoms with van der Waals surface area (Å²) in [6, 6.07) is 0. The first-order valence-corrected chi connectivity index (χ1v) is 7.69. The summed E-state index contributed by atoms with van der Waals surface area (Å²) in [5.41, 5.74) is -0.876. The monoisotopic (exact) mass is 269 g/mol. The van der Waals surface area contributed by atoms with E-state index in [1.807, 2.05) is 0 Å². The predicted octanol–water partition coefficient (Wildman–Crippen LogP) is 3.93. The van der Waals surface area contributed by atoms with Crippen molar-refractivity contribution < 1.29 is 14.3 Å². The molecule has 110 valence electrons. The molecule has 19 heavy (non-hydrogen) atoms. The maximum absolute atomic E-state index is 12.0. The van der Waals surface area contributed by atoms with Crippen molar-refractivity contribution >= 4 is 12.0 Å². The number of unbranched alkanes of at least 4 members (excludes halogenated alkanes) is 6. The summed E-state index contributed by atoms with van der Waals surface area (Å²) >= 11 is 0. The Morgan fingerprint density at radius 3 is 1.79 bits per heavy atom. The molecule has 1 aliphatic heterocycles. The zero-order valence-corrected chi connectivity index (χ0v) is 12.3. The first kappa shape index (κ1) is 16.0. The minimum absolute atomic E-state index is 0.231. The predicted molar refractivity (Wildman–Crippen MR) is 74.9 cm³/mol. The fourth-order valence-electron chi connectivity index (χ4n) is 2.58. The van der Waals surface area contributed by atoms with Crippen molar-refractivity contribution in [3.05, 3.63) is 0 Å². The van der Waals surface area contributed by atoms with Gasteiger partial charge in [-0.2, -0.15) is 0 Å². The smallest absolute Gasteiger partial charge is 0.415 e. The number of hydrogen-bond acceptors (Lipinski definition) is 3. The van der Waals surface area contributed by atoms with Crippen molar-refractivity contribution in [1.82, 2.24) is 5.32 Å². The number of ether oxygens (including phenoxy) is 1. The second-order valence-electron chi connectivity index (χ2n) is 5.46. The van der Waals surface area contributed by atoms with Crippen LogP contribution in [0.5, 0.6) is 0 Å². The van der Waals surface area contributed by atoms with Crippen LogP contribution in [-0.4, -0.2) is 17.6 Å². The summed E-state index contributed by atoms with van der Waals surface area (Å²) in [4.78, 5) is 23.3. The molecule has 0 saturated carbocycles. The quantitative estimate of drug-likeness (QED) is 0.611. The molecule has 0 aromatic rings. The number of rotatable bonds is 10. The van der Waals surface area contributed by atoms with Crippen molar-refractivity contribution in [2.24, 2.45) is 0 Å². The van der Waals surface area contributed by atoms with E-state index in [0.29, 0.717) is 12.8 Å². The normalized spacial score (nSPS) is 17.4. The Kier molecular flexibility index (Phi) is 6.89. The van der Waals surface area contributed by atoms with E-state index in [-0.39, 0.29) is 5.91 Å². The van der Waals surface area contributed by atoms with Gasteiger partial charge in [0.1, 0.15) is 0 Å². The molecule has 0 unspecified atom stereocenters. The number of cyclic esters (lactones) is 1. The summed E-state index contributed by atoms with van der Waals surface area (Å²) < 4.78 is 5.32. The molecule has 1 rings (SSSR count). The molecule has 4 heteroatoms. The third-order valence-electron chi connectivity index (χ3n) is 3.79. The fraction of sp³-hybridized carbons (Fsp3) is 0.867. The number of amides is 2. The number of carbonyl (C=O) groups excluding carboxylic acids is 2. The minimum Gasteiger partial charge on any atom is -0.432 e. The lowest BCUT2D eigenvalue weighted by atomic mass is 9.89. The zero-order valence-electron chi connectivity index (χ0n) is 12.3. The van der Waals surface area contributed by atoms with Gasteiger partial charge in [-0.05, 0) is 25.7 Å². The highest BCUT2D eigenvalue weighted by atomic mass is 16.6. The van der Waals surface area contributed by atoms with Crippen LogP contribution in [0.15, 0.2) is 0 Å². The van der Waals surface area contributed by atoms with Crippen LogP contribution < -0.4 is 5.32 Å². The van der Waals surface area contributed by atoms with Gasteiger partial charge < -0.3 is 4.74 Å². The second-order valence-corrected chi connectivity index (χ2v) is 5.46. The van der Waals surface area contributed by atoms with Gasteiger partial charge >= 0.3 is 6.09 Å². The minimum atomic E-state index is -0.876. The van der Waals surface area contributed by atoms with Crippen LogP contribution in [0.1, 0.15) is 78.1 Å². The largest absolute Gasteiger partial charge is 0.432 e. The van der Waals surface area contributed by atoms with E-state index in [1.165, 1.54) is 12.8 Å². The number of hydrogen-bond donors (Lipinski definition) is 1. The maximum atomic E-state index is 12.0. The van der Waals surface area contributed by atoms with Crippen molar-refractivity contribution in [3.63, 3.8) is 0 Å². The summed E-state index contributed by atoms with van der Waals surface area (Å²) in [5, 5.41) is 2.29. The highest BCUT2D eigenvalue weighted by molar-refractivity contribution is 6.02. The number of imide groups is 1. The Bertz CT molecular complexity index is 290. The number of carbonyl (C=O) groups is 2. The Hall–Kier alpha value is -1.06. The van der Waals surface area contributed by atoms with E-state index in [1.54, 1.807) is 0 Å². The Morgan fingerprint density at radius 2 is 1.42 bits per heavy atom. The molecule has 2 amide bonds. The lowest BCUT2D eigenvalue weighted by molar-refractivity contribution is -0.132. The molecule has 1 N–H and O–H groups in total. The Balaban J connectivity index is 2.48. The molecule has 0 aromatic carbocycles. The topological polar surface area (TPSA) is 55.4 Å². The van der Waals surface area contributed by atoms with Gasteiger partial charge in [0, 0.05) is 0 Å². The van der Waals surface area contributed by atoms with Gasteiger partial charge in [0.2, 0.25) is 0 Å². The second kappa shape index (κ2) is 8.18. The lowest BCUT2D eigenvalue weighted by Gasteiger charge is -2.24. The average molecular weight is 269 g/mol. The third kappa shape index (κ3) is 4.84. The van der Waals surface area contributed by atoms with Crippen molar-refractivity contribution in [2.45, 2.75) is 83.7 Å². The summed E-state index contributed by atoms with van der Waals surface area (Å²) in [6.07, 6.45) is 9.50. The molecule has 0 bridgehead atoms. The van der Waals surface area contributed by atoms with E-state index >= 15 is 0 Å². The zero-order chi connectivity index (χ0) is 14.1. The van der Waals surface area contributed by atoms with E-state index in [2.05, 4.69) is 19.2 Å². The van der Waals surface area contributed by atoms with Gasteiger partial charge in [0.25, 0.3) is 5.91 Å². The fourth-order valence-corrected chi connectivity index (χ4v) is 2.58. The van der Waals surface area contributed by atoms with Crippen LogP contribution >= 0.6 is 0 Å². The SMILES string of the molecule is CCCCCCC1(CCCCCC)OC(=O)NC1=O. The molecule has 0 aromatic heterocycles.